The van der Waals surface area contributed by atoms with Crippen LogP contribution in [0.15, 0.2) is 18.2 Å². The van der Waals surface area contributed by atoms with E-state index in [4.69, 9.17) is 5.73 Å². The molecule has 2 heterocycles. The second-order valence-corrected chi connectivity index (χ2v) is 5.11. The van der Waals surface area contributed by atoms with Crippen molar-refractivity contribution in [1.82, 2.24) is 9.88 Å². The number of nitrogens with zero attached hydrogens (tertiary/aromatic N) is 2. The largest absolute Gasteiger partial charge is 0.384 e. The molecule has 1 aliphatic heterocycles. The summed E-state index contributed by atoms with van der Waals surface area (Å²) in [4.78, 5) is 18.3. The minimum atomic E-state index is 0.0340. The fourth-order valence-corrected chi connectivity index (χ4v) is 3.13. The summed E-state index contributed by atoms with van der Waals surface area (Å²) < 4.78 is 0. The Morgan fingerprint density at radius 3 is 2.65 bits per heavy atom. The number of carbonyl (C=O) groups is 1. The summed E-state index contributed by atoms with van der Waals surface area (Å²) in [5.74, 6) is 1.89. The van der Waals surface area contributed by atoms with Gasteiger partial charge in [-0.05, 0) is 36.8 Å². The molecular formula is C13H17N3O. The summed E-state index contributed by atoms with van der Waals surface area (Å²) in [7, 11) is 0. The first-order chi connectivity index (χ1) is 8.24. The van der Waals surface area contributed by atoms with Crippen molar-refractivity contribution in [3.8, 4) is 0 Å². The minimum absolute atomic E-state index is 0.0340. The van der Waals surface area contributed by atoms with Gasteiger partial charge < -0.3 is 10.6 Å². The van der Waals surface area contributed by atoms with E-state index < -0.39 is 0 Å². The number of aromatic nitrogens is 1. The van der Waals surface area contributed by atoms with Gasteiger partial charge >= 0.3 is 0 Å². The van der Waals surface area contributed by atoms with Crippen LogP contribution >= 0.6 is 0 Å². The minimum Gasteiger partial charge on any atom is -0.384 e. The monoisotopic (exact) mass is 231 g/mol. The summed E-state index contributed by atoms with van der Waals surface area (Å²) in [6.45, 7) is 1.81. The van der Waals surface area contributed by atoms with Crippen molar-refractivity contribution in [2.24, 2.45) is 11.8 Å². The second kappa shape index (κ2) is 4.02. The van der Waals surface area contributed by atoms with E-state index in [1.54, 1.807) is 18.2 Å². The van der Waals surface area contributed by atoms with Gasteiger partial charge in [0.05, 0.1) is 0 Å². The summed E-state index contributed by atoms with van der Waals surface area (Å²) in [6, 6.07) is 5.23. The zero-order valence-corrected chi connectivity index (χ0v) is 9.80. The van der Waals surface area contributed by atoms with Crippen LogP contribution in [0.1, 0.15) is 29.8 Å². The summed E-state index contributed by atoms with van der Waals surface area (Å²) in [6.07, 6.45) is 3.88. The number of nitrogen functional groups attached to an aromatic ring is 1. The van der Waals surface area contributed by atoms with Crippen LogP contribution in [0.2, 0.25) is 0 Å². The molecule has 2 aliphatic rings. The van der Waals surface area contributed by atoms with E-state index in [1.165, 1.54) is 19.3 Å². The standard InChI is InChI=1S/C13H17N3O/c14-12-6-2-5-11(15-12)13(17)16-7-9-3-1-4-10(9)8-16/h2,5-6,9-10H,1,3-4,7-8H2,(H2,14,15). The number of anilines is 1. The Morgan fingerprint density at radius 1 is 1.29 bits per heavy atom. The number of carbonyl (C=O) groups excluding carboxylic acids is 1. The Balaban J connectivity index is 1.75. The molecule has 0 bridgehead atoms. The van der Waals surface area contributed by atoms with Crippen LogP contribution in [-0.4, -0.2) is 28.9 Å². The van der Waals surface area contributed by atoms with Gasteiger partial charge in [0.2, 0.25) is 0 Å². The highest BCUT2D eigenvalue weighted by molar-refractivity contribution is 5.92. The second-order valence-electron chi connectivity index (χ2n) is 5.11. The highest BCUT2D eigenvalue weighted by atomic mass is 16.2. The highest BCUT2D eigenvalue weighted by Crippen LogP contribution is 2.38. The molecule has 4 heteroatoms. The van der Waals surface area contributed by atoms with Gasteiger partial charge in [-0.25, -0.2) is 4.98 Å². The third-order valence-electron chi connectivity index (χ3n) is 4.00. The van der Waals surface area contributed by atoms with Gasteiger partial charge in [-0.2, -0.15) is 0 Å². The zero-order valence-electron chi connectivity index (χ0n) is 9.80. The maximum atomic E-state index is 12.2. The van der Waals surface area contributed by atoms with Gasteiger partial charge in [0.25, 0.3) is 5.91 Å². The van der Waals surface area contributed by atoms with E-state index in [2.05, 4.69) is 4.98 Å². The SMILES string of the molecule is Nc1cccc(C(=O)N2CC3CCCC3C2)n1. The predicted octanol–water partition coefficient (Wildman–Crippen LogP) is 1.54. The van der Waals surface area contributed by atoms with Gasteiger partial charge in [0.15, 0.2) is 0 Å². The van der Waals surface area contributed by atoms with E-state index in [0.29, 0.717) is 11.5 Å². The molecule has 0 spiro atoms. The molecule has 1 aromatic heterocycles. The average molecular weight is 231 g/mol. The Morgan fingerprint density at radius 2 is 2.00 bits per heavy atom. The lowest BCUT2D eigenvalue weighted by atomic mass is 10.0. The van der Waals surface area contributed by atoms with Crippen LogP contribution in [0.5, 0.6) is 0 Å². The summed E-state index contributed by atoms with van der Waals surface area (Å²) >= 11 is 0. The zero-order chi connectivity index (χ0) is 11.8. The molecule has 0 aromatic carbocycles. The van der Waals surface area contributed by atoms with Crippen molar-refractivity contribution in [3.05, 3.63) is 23.9 Å². The van der Waals surface area contributed by atoms with Crippen molar-refractivity contribution in [1.29, 1.82) is 0 Å². The predicted molar refractivity (Wildman–Crippen MR) is 65.4 cm³/mol. The molecule has 0 radical (unpaired) electrons. The normalized spacial score (nSPS) is 27.2. The van der Waals surface area contributed by atoms with Gasteiger partial charge in [0, 0.05) is 13.1 Å². The van der Waals surface area contributed by atoms with Crippen LogP contribution in [0, 0.1) is 11.8 Å². The number of fused-ring (bicyclic) bond motifs is 1. The van der Waals surface area contributed by atoms with Crippen molar-refractivity contribution < 1.29 is 4.79 Å². The van der Waals surface area contributed by atoms with Gasteiger partial charge in [-0.1, -0.05) is 12.5 Å². The molecule has 2 fully saturated rings. The first kappa shape index (κ1) is 10.6. The third-order valence-corrected chi connectivity index (χ3v) is 4.00. The van der Waals surface area contributed by atoms with Crippen molar-refractivity contribution in [2.45, 2.75) is 19.3 Å². The van der Waals surface area contributed by atoms with E-state index in [0.717, 1.165) is 24.9 Å². The lowest BCUT2D eigenvalue weighted by Gasteiger charge is -2.16. The first-order valence-corrected chi connectivity index (χ1v) is 6.26. The number of pyridine rings is 1. The number of likely N-dealkylation sites (tertiary alicyclic amines) is 1. The summed E-state index contributed by atoms with van der Waals surface area (Å²) in [5, 5.41) is 0. The highest BCUT2D eigenvalue weighted by Gasteiger charge is 2.38. The molecule has 1 saturated carbocycles. The fourth-order valence-electron chi connectivity index (χ4n) is 3.13. The van der Waals surface area contributed by atoms with Crippen LogP contribution in [0.3, 0.4) is 0 Å². The van der Waals surface area contributed by atoms with E-state index >= 15 is 0 Å². The molecule has 1 amide bonds. The first-order valence-electron chi connectivity index (χ1n) is 6.26. The quantitative estimate of drug-likeness (QED) is 0.797. The molecular weight excluding hydrogens is 214 g/mol. The Labute approximate surface area is 101 Å². The number of amides is 1. The van der Waals surface area contributed by atoms with Crippen LogP contribution in [-0.2, 0) is 0 Å². The Kier molecular flexibility index (Phi) is 2.50. The number of hydrogen-bond donors (Lipinski definition) is 1. The van der Waals surface area contributed by atoms with Crippen molar-refractivity contribution in [2.75, 3.05) is 18.8 Å². The van der Waals surface area contributed by atoms with Gasteiger partial charge in [0.1, 0.15) is 11.5 Å². The maximum Gasteiger partial charge on any atom is 0.272 e. The third kappa shape index (κ3) is 1.88. The molecule has 2 atom stereocenters. The average Bonchev–Trinajstić information content (AvgIpc) is 2.88. The van der Waals surface area contributed by atoms with Crippen LogP contribution in [0.25, 0.3) is 0 Å². The lowest BCUT2D eigenvalue weighted by molar-refractivity contribution is 0.0775. The van der Waals surface area contributed by atoms with Crippen LogP contribution in [0.4, 0.5) is 5.82 Å². The summed E-state index contributed by atoms with van der Waals surface area (Å²) in [5.41, 5.74) is 6.08. The van der Waals surface area contributed by atoms with Gasteiger partial charge in [-0.3, -0.25) is 4.79 Å². The van der Waals surface area contributed by atoms with Crippen molar-refractivity contribution in [3.63, 3.8) is 0 Å². The van der Waals surface area contributed by atoms with E-state index in [9.17, 15) is 4.79 Å². The fraction of sp³-hybridized carbons (Fsp3) is 0.538. The molecule has 2 N–H and O–H groups in total. The van der Waals surface area contributed by atoms with Crippen molar-refractivity contribution >= 4 is 11.7 Å². The lowest BCUT2D eigenvalue weighted by Crippen LogP contribution is -2.30. The molecule has 17 heavy (non-hydrogen) atoms. The smallest absolute Gasteiger partial charge is 0.272 e. The molecule has 1 aromatic rings. The molecule has 90 valence electrons. The van der Waals surface area contributed by atoms with Gasteiger partial charge in [-0.15, -0.1) is 0 Å². The molecule has 3 rings (SSSR count). The molecule has 1 saturated heterocycles. The topological polar surface area (TPSA) is 59.2 Å². The number of rotatable bonds is 1. The number of hydrogen-bond acceptors (Lipinski definition) is 3. The van der Waals surface area contributed by atoms with E-state index in [-0.39, 0.29) is 5.91 Å². The number of nitrogens with two attached hydrogens (primary N) is 1. The molecule has 2 unspecified atom stereocenters. The molecule has 1 aliphatic carbocycles. The van der Waals surface area contributed by atoms with Crippen LogP contribution < -0.4 is 5.73 Å². The Hall–Kier alpha value is -1.58. The van der Waals surface area contributed by atoms with E-state index in [1.807, 2.05) is 4.90 Å². The molecule has 4 nitrogen and oxygen atoms in total. The Bertz CT molecular complexity index is 434. The maximum absolute atomic E-state index is 12.2.